The number of rotatable bonds is 5. The van der Waals surface area contributed by atoms with Crippen LogP contribution in [0.5, 0.6) is 5.75 Å². The molecule has 0 spiro atoms. The molecule has 2 aromatic carbocycles. The Morgan fingerprint density at radius 1 is 0.812 bits per heavy atom. The fraction of sp³-hybridized carbons (Fsp3) is 0.136. The lowest BCUT2D eigenvalue weighted by molar-refractivity contribution is -0.143. The van der Waals surface area contributed by atoms with Crippen molar-refractivity contribution in [2.24, 2.45) is 0 Å². The molecule has 0 saturated carbocycles. The summed E-state index contributed by atoms with van der Waals surface area (Å²) in [6.07, 6.45) is -7.98. The minimum absolute atomic E-state index is 0.119. The molecule has 10 heteroatoms. The number of nitrogens with zero attached hydrogens (tertiary/aromatic N) is 1. The molecular formula is C22H13F6NO3. The van der Waals surface area contributed by atoms with E-state index >= 15 is 0 Å². The molecule has 32 heavy (non-hydrogen) atoms. The summed E-state index contributed by atoms with van der Waals surface area (Å²) in [4.78, 5) is 29.3. The Morgan fingerprint density at radius 3 is 1.97 bits per heavy atom. The van der Waals surface area contributed by atoms with Crippen molar-refractivity contribution >= 4 is 11.6 Å². The molecule has 1 aromatic heterocycles. The molecule has 0 aliphatic heterocycles. The smallest absolute Gasteiger partial charge is 0.416 e. The molecule has 166 valence electrons. The molecule has 3 aromatic rings. The highest BCUT2D eigenvalue weighted by Gasteiger charge is 2.38. The van der Waals surface area contributed by atoms with E-state index in [1.807, 2.05) is 0 Å². The maximum absolute atomic E-state index is 13.1. The predicted molar refractivity (Wildman–Crippen MR) is 101 cm³/mol. The summed E-state index contributed by atoms with van der Waals surface area (Å²) >= 11 is 0. The van der Waals surface area contributed by atoms with Gasteiger partial charge in [0.1, 0.15) is 5.75 Å². The van der Waals surface area contributed by atoms with E-state index in [9.17, 15) is 35.9 Å². The van der Waals surface area contributed by atoms with Crippen LogP contribution in [0, 0.1) is 0 Å². The van der Waals surface area contributed by atoms with Gasteiger partial charge in [-0.1, -0.05) is 18.2 Å². The summed E-state index contributed by atoms with van der Waals surface area (Å²) in [6.45, 7) is 0. The standard InChI is InChI=1S/C22H13F6NO3/c1-32-18-5-3-2-4-16(18)15-6-7-29-11-17(15)20(31)19(30)12-8-13(21(23,24)25)10-14(9-12)22(26,27)28/h2-11H,1H3. The number of hydrogen-bond donors (Lipinski definition) is 0. The summed E-state index contributed by atoms with van der Waals surface area (Å²) in [7, 11) is 1.37. The van der Waals surface area contributed by atoms with Crippen LogP contribution < -0.4 is 4.74 Å². The van der Waals surface area contributed by atoms with Gasteiger partial charge < -0.3 is 4.74 Å². The Bertz CT molecular complexity index is 1150. The lowest BCUT2D eigenvalue weighted by Crippen LogP contribution is -2.19. The van der Waals surface area contributed by atoms with Crippen LogP contribution >= 0.6 is 0 Å². The number of hydrogen-bond acceptors (Lipinski definition) is 4. The molecule has 0 aliphatic rings. The summed E-state index contributed by atoms with van der Waals surface area (Å²) < 4.78 is 83.8. The van der Waals surface area contributed by atoms with E-state index in [2.05, 4.69) is 4.98 Å². The number of alkyl halides is 6. The molecule has 0 unspecified atom stereocenters. The number of carbonyl (C=O) groups excluding carboxylic acids is 2. The Labute approximate surface area is 177 Å². The highest BCUT2D eigenvalue weighted by molar-refractivity contribution is 6.50. The normalized spacial score (nSPS) is 11.8. The Hall–Kier alpha value is -3.69. The van der Waals surface area contributed by atoms with Crippen LogP contribution in [0.1, 0.15) is 31.8 Å². The van der Waals surface area contributed by atoms with Gasteiger partial charge in [-0.3, -0.25) is 14.6 Å². The van der Waals surface area contributed by atoms with Gasteiger partial charge in [0, 0.05) is 23.5 Å². The maximum atomic E-state index is 13.1. The molecule has 0 radical (unpaired) electrons. The molecule has 0 fully saturated rings. The van der Waals surface area contributed by atoms with E-state index in [0.717, 1.165) is 6.20 Å². The third-order valence-corrected chi connectivity index (χ3v) is 4.52. The number of para-hydroxylation sites is 1. The van der Waals surface area contributed by atoms with E-state index in [4.69, 9.17) is 4.74 Å². The molecule has 0 saturated heterocycles. The fourth-order valence-corrected chi connectivity index (χ4v) is 3.02. The first-order valence-electron chi connectivity index (χ1n) is 8.89. The summed E-state index contributed by atoms with van der Waals surface area (Å²) in [5, 5.41) is 0. The summed E-state index contributed by atoms with van der Waals surface area (Å²) in [5.41, 5.74) is -4.16. The SMILES string of the molecule is COc1ccccc1-c1ccncc1C(=O)C(=O)c1cc(C(F)(F)F)cc(C(F)(F)F)c1. The predicted octanol–water partition coefficient (Wildman–Crippen LogP) is 5.86. The number of halogens is 6. The maximum Gasteiger partial charge on any atom is 0.416 e. The van der Waals surface area contributed by atoms with Crippen LogP contribution in [0.25, 0.3) is 11.1 Å². The van der Waals surface area contributed by atoms with Crippen molar-refractivity contribution in [1.82, 2.24) is 4.98 Å². The van der Waals surface area contributed by atoms with Crippen LogP contribution in [0.2, 0.25) is 0 Å². The third kappa shape index (κ3) is 4.63. The van der Waals surface area contributed by atoms with Gasteiger partial charge in [0.2, 0.25) is 11.6 Å². The molecule has 0 atom stereocenters. The number of Topliss-reactive ketones (excluding diaryl/α,β-unsaturated/α-hetero) is 2. The van der Waals surface area contributed by atoms with E-state index < -0.39 is 40.6 Å². The van der Waals surface area contributed by atoms with Crippen molar-refractivity contribution < 1.29 is 40.7 Å². The van der Waals surface area contributed by atoms with Gasteiger partial charge in [-0.15, -0.1) is 0 Å². The van der Waals surface area contributed by atoms with Gasteiger partial charge in [0.05, 0.1) is 23.8 Å². The number of ether oxygens (including phenoxy) is 1. The molecule has 3 rings (SSSR count). The third-order valence-electron chi connectivity index (χ3n) is 4.52. The van der Waals surface area contributed by atoms with E-state index in [1.54, 1.807) is 24.3 Å². The van der Waals surface area contributed by atoms with Gasteiger partial charge in [0.15, 0.2) is 0 Å². The van der Waals surface area contributed by atoms with E-state index in [-0.39, 0.29) is 29.3 Å². The second-order valence-electron chi connectivity index (χ2n) is 6.57. The topological polar surface area (TPSA) is 56.3 Å². The first kappa shape index (κ1) is 23.0. The lowest BCUT2D eigenvalue weighted by Gasteiger charge is -2.14. The van der Waals surface area contributed by atoms with Crippen LogP contribution in [-0.4, -0.2) is 23.7 Å². The van der Waals surface area contributed by atoms with Crippen molar-refractivity contribution in [3.05, 3.63) is 83.2 Å². The summed E-state index contributed by atoms with van der Waals surface area (Å²) in [5.74, 6) is -2.52. The van der Waals surface area contributed by atoms with Gasteiger partial charge in [-0.25, -0.2) is 0 Å². The molecule has 0 N–H and O–H groups in total. The Kier molecular flexibility index (Phi) is 6.07. The number of ketones is 2. The number of methoxy groups -OCH3 is 1. The van der Waals surface area contributed by atoms with Crippen LogP contribution in [0.4, 0.5) is 26.3 Å². The highest BCUT2D eigenvalue weighted by Crippen LogP contribution is 2.37. The fourth-order valence-electron chi connectivity index (χ4n) is 3.02. The van der Waals surface area contributed by atoms with Gasteiger partial charge in [0.25, 0.3) is 0 Å². The number of pyridine rings is 1. The second-order valence-corrected chi connectivity index (χ2v) is 6.57. The average molecular weight is 453 g/mol. The molecule has 4 nitrogen and oxygen atoms in total. The highest BCUT2D eigenvalue weighted by atomic mass is 19.4. The molecule has 0 aliphatic carbocycles. The van der Waals surface area contributed by atoms with Gasteiger partial charge in [-0.2, -0.15) is 26.3 Å². The largest absolute Gasteiger partial charge is 0.496 e. The van der Waals surface area contributed by atoms with Gasteiger partial charge in [-0.05, 0) is 35.9 Å². The van der Waals surface area contributed by atoms with E-state index in [0.29, 0.717) is 11.3 Å². The minimum Gasteiger partial charge on any atom is -0.496 e. The van der Waals surface area contributed by atoms with Crippen LogP contribution in [0.3, 0.4) is 0 Å². The monoisotopic (exact) mass is 453 g/mol. The molecule has 1 heterocycles. The van der Waals surface area contributed by atoms with Crippen molar-refractivity contribution in [3.8, 4) is 16.9 Å². The van der Waals surface area contributed by atoms with Gasteiger partial charge >= 0.3 is 12.4 Å². The first-order chi connectivity index (χ1) is 14.9. The molecule has 0 amide bonds. The van der Waals surface area contributed by atoms with Crippen LogP contribution in [0.15, 0.2) is 60.9 Å². The zero-order chi connectivity index (χ0) is 23.7. The Balaban J connectivity index is 2.12. The lowest BCUT2D eigenvalue weighted by atomic mass is 9.93. The molecular weight excluding hydrogens is 440 g/mol. The van der Waals surface area contributed by atoms with Crippen molar-refractivity contribution in [3.63, 3.8) is 0 Å². The zero-order valence-electron chi connectivity index (χ0n) is 16.2. The average Bonchev–Trinajstić information content (AvgIpc) is 2.76. The number of benzene rings is 2. The van der Waals surface area contributed by atoms with Crippen molar-refractivity contribution in [2.75, 3.05) is 7.11 Å². The zero-order valence-corrected chi connectivity index (χ0v) is 16.2. The summed E-state index contributed by atoms with van der Waals surface area (Å²) in [6, 6.07) is 8.12. The van der Waals surface area contributed by atoms with Crippen molar-refractivity contribution in [1.29, 1.82) is 0 Å². The second kappa shape index (κ2) is 8.45. The van der Waals surface area contributed by atoms with Crippen LogP contribution in [-0.2, 0) is 12.4 Å². The Morgan fingerprint density at radius 2 is 1.41 bits per heavy atom. The molecule has 0 bridgehead atoms. The quantitative estimate of drug-likeness (QED) is 0.276. The minimum atomic E-state index is -5.16. The van der Waals surface area contributed by atoms with Crippen molar-refractivity contribution in [2.45, 2.75) is 12.4 Å². The number of carbonyl (C=O) groups is 2. The number of aromatic nitrogens is 1. The van der Waals surface area contributed by atoms with E-state index in [1.165, 1.54) is 19.4 Å². The first-order valence-corrected chi connectivity index (χ1v) is 8.89.